The second-order valence-corrected chi connectivity index (χ2v) is 10.8. The molecular formula is C23H32O7. The Bertz CT molecular complexity index is 809. The minimum atomic E-state index is -1.25. The minimum Gasteiger partial charge on any atom is -0.458 e. The molecule has 0 aromatic heterocycles. The molecule has 0 aromatic carbocycles. The van der Waals surface area contributed by atoms with Crippen LogP contribution in [0.3, 0.4) is 0 Å². The number of aliphatic hydroxyl groups is 4. The quantitative estimate of drug-likeness (QED) is 0.386. The van der Waals surface area contributed by atoms with E-state index in [1.165, 1.54) is 6.08 Å². The molecule has 5 aliphatic rings. The molecule has 166 valence electrons. The lowest BCUT2D eigenvalue weighted by Crippen LogP contribution is -2.68. The van der Waals surface area contributed by atoms with Crippen LogP contribution >= 0.6 is 0 Å². The molecule has 0 radical (unpaired) electrons. The molecule has 9 unspecified atom stereocenters. The average Bonchev–Trinajstić information content (AvgIpc) is 3.18. The van der Waals surface area contributed by atoms with Crippen LogP contribution in [0.15, 0.2) is 11.6 Å². The van der Waals surface area contributed by atoms with Crippen molar-refractivity contribution in [2.24, 2.45) is 28.6 Å². The molecule has 4 saturated carbocycles. The van der Waals surface area contributed by atoms with Crippen molar-refractivity contribution in [3.63, 3.8) is 0 Å². The lowest BCUT2D eigenvalue weighted by molar-refractivity contribution is -0.248. The molecule has 1 heterocycles. The standard InChI is InChI=1S/C23H32O7/c1-20-5-3-15-16(4-7-22(28)9-14(25)2-6-21(15,22)12-24)23(20,29)10-17(26)19(20)13-8-18(27)30-11-13/h8,12,14-17,19,25-26,28-29H,2-7,9-11H2,1H3. The first-order valence-corrected chi connectivity index (χ1v) is 11.2. The molecule has 7 heteroatoms. The summed E-state index contributed by atoms with van der Waals surface area (Å²) in [4.78, 5) is 24.2. The first-order valence-electron chi connectivity index (χ1n) is 11.2. The van der Waals surface area contributed by atoms with E-state index in [1.54, 1.807) is 0 Å². The van der Waals surface area contributed by atoms with E-state index in [4.69, 9.17) is 4.74 Å². The van der Waals surface area contributed by atoms with E-state index in [9.17, 15) is 30.0 Å². The van der Waals surface area contributed by atoms with E-state index in [0.717, 1.165) is 11.9 Å². The highest BCUT2D eigenvalue weighted by Gasteiger charge is 2.73. The number of hydrogen-bond acceptors (Lipinski definition) is 7. The monoisotopic (exact) mass is 420 g/mol. The van der Waals surface area contributed by atoms with Crippen molar-refractivity contribution in [2.45, 2.75) is 81.7 Å². The lowest BCUT2D eigenvalue weighted by atomic mass is 9.41. The van der Waals surface area contributed by atoms with Crippen LogP contribution in [0, 0.1) is 28.6 Å². The van der Waals surface area contributed by atoms with Crippen LogP contribution in [-0.4, -0.2) is 62.7 Å². The Hall–Kier alpha value is -1.28. The Morgan fingerprint density at radius 3 is 2.47 bits per heavy atom. The molecule has 30 heavy (non-hydrogen) atoms. The van der Waals surface area contributed by atoms with Crippen molar-refractivity contribution in [3.8, 4) is 0 Å². The zero-order valence-corrected chi connectivity index (χ0v) is 17.4. The Morgan fingerprint density at radius 2 is 1.80 bits per heavy atom. The van der Waals surface area contributed by atoms with Crippen molar-refractivity contribution in [2.75, 3.05) is 6.61 Å². The predicted molar refractivity (Wildman–Crippen MR) is 105 cm³/mol. The molecule has 4 fully saturated rings. The number of ether oxygens (including phenoxy) is 1. The number of aldehydes is 1. The van der Waals surface area contributed by atoms with E-state index in [0.29, 0.717) is 38.5 Å². The summed E-state index contributed by atoms with van der Waals surface area (Å²) in [7, 11) is 0. The second-order valence-electron chi connectivity index (χ2n) is 10.8. The summed E-state index contributed by atoms with van der Waals surface area (Å²) in [5.74, 6) is -1.19. The molecule has 0 saturated heterocycles. The molecule has 0 spiro atoms. The zero-order chi connectivity index (χ0) is 21.5. The normalized spacial score (nSPS) is 55.2. The average molecular weight is 421 g/mol. The highest BCUT2D eigenvalue weighted by molar-refractivity contribution is 5.85. The van der Waals surface area contributed by atoms with Crippen LogP contribution in [0.4, 0.5) is 0 Å². The summed E-state index contributed by atoms with van der Waals surface area (Å²) in [6, 6.07) is 0. The Balaban J connectivity index is 1.54. The lowest BCUT2D eigenvalue weighted by Gasteiger charge is -2.65. The van der Waals surface area contributed by atoms with Crippen molar-refractivity contribution in [1.82, 2.24) is 0 Å². The highest BCUT2D eigenvalue weighted by Crippen LogP contribution is 2.70. The number of rotatable bonds is 2. The number of carbonyl (C=O) groups excluding carboxylic acids is 2. The van der Waals surface area contributed by atoms with Gasteiger partial charge in [-0.15, -0.1) is 0 Å². The number of carbonyl (C=O) groups is 2. The van der Waals surface area contributed by atoms with Crippen molar-refractivity contribution >= 4 is 12.3 Å². The summed E-state index contributed by atoms with van der Waals surface area (Å²) >= 11 is 0. The van der Waals surface area contributed by atoms with Gasteiger partial charge in [0, 0.05) is 30.3 Å². The van der Waals surface area contributed by atoms with Gasteiger partial charge in [-0.05, 0) is 55.9 Å². The largest absolute Gasteiger partial charge is 0.458 e. The van der Waals surface area contributed by atoms with E-state index in [-0.39, 0.29) is 37.2 Å². The van der Waals surface area contributed by atoms with Crippen LogP contribution in [0.25, 0.3) is 0 Å². The molecule has 1 aliphatic heterocycles. The van der Waals surface area contributed by atoms with E-state index >= 15 is 0 Å². The summed E-state index contributed by atoms with van der Waals surface area (Å²) in [5.41, 5.74) is -3.31. The zero-order valence-electron chi connectivity index (χ0n) is 17.4. The van der Waals surface area contributed by atoms with Crippen LogP contribution < -0.4 is 0 Å². The number of hydrogen-bond donors (Lipinski definition) is 4. The molecule has 4 aliphatic carbocycles. The molecule has 0 bridgehead atoms. The van der Waals surface area contributed by atoms with Gasteiger partial charge in [0.05, 0.1) is 28.8 Å². The van der Waals surface area contributed by atoms with Crippen LogP contribution in [0.5, 0.6) is 0 Å². The third-order valence-electron chi connectivity index (χ3n) is 9.81. The van der Waals surface area contributed by atoms with Crippen molar-refractivity contribution in [3.05, 3.63) is 11.6 Å². The van der Waals surface area contributed by atoms with E-state index in [2.05, 4.69) is 0 Å². The molecule has 9 atom stereocenters. The van der Waals surface area contributed by atoms with Gasteiger partial charge in [-0.2, -0.15) is 0 Å². The third-order valence-corrected chi connectivity index (χ3v) is 9.81. The molecule has 4 N–H and O–H groups in total. The van der Waals surface area contributed by atoms with Gasteiger partial charge in [0.1, 0.15) is 12.9 Å². The van der Waals surface area contributed by atoms with Gasteiger partial charge in [-0.1, -0.05) is 6.92 Å². The number of fused-ring (bicyclic) bond motifs is 5. The number of aliphatic hydroxyl groups excluding tert-OH is 2. The fraction of sp³-hybridized carbons (Fsp3) is 0.826. The van der Waals surface area contributed by atoms with Crippen LogP contribution in [0.1, 0.15) is 58.3 Å². The van der Waals surface area contributed by atoms with Gasteiger partial charge in [-0.3, -0.25) is 0 Å². The first-order chi connectivity index (χ1) is 14.1. The van der Waals surface area contributed by atoms with Gasteiger partial charge in [0.25, 0.3) is 0 Å². The molecule has 7 nitrogen and oxygen atoms in total. The Kier molecular flexibility index (Phi) is 4.38. The topological polar surface area (TPSA) is 124 Å². The Labute approximate surface area is 176 Å². The minimum absolute atomic E-state index is 0.149. The smallest absolute Gasteiger partial charge is 0.331 e. The van der Waals surface area contributed by atoms with Gasteiger partial charge < -0.3 is 30.0 Å². The van der Waals surface area contributed by atoms with Gasteiger partial charge in [0.15, 0.2) is 0 Å². The third kappa shape index (κ3) is 2.35. The van der Waals surface area contributed by atoms with Crippen molar-refractivity contribution < 1.29 is 34.8 Å². The summed E-state index contributed by atoms with van der Waals surface area (Å²) in [6.07, 6.45) is 4.37. The summed E-state index contributed by atoms with van der Waals surface area (Å²) in [6.45, 7) is 2.14. The SMILES string of the molecule is CC12CCC3C(CCC4(O)CC(O)CCC34C=O)C1(O)CC(O)C2C1=CC(=O)OC1. The number of cyclic esters (lactones) is 1. The summed E-state index contributed by atoms with van der Waals surface area (Å²) < 4.78 is 5.09. The van der Waals surface area contributed by atoms with Crippen molar-refractivity contribution in [1.29, 1.82) is 0 Å². The highest BCUT2D eigenvalue weighted by atomic mass is 16.5. The van der Waals surface area contributed by atoms with Gasteiger partial charge >= 0.3 is 5.97 Å². The fourth-order valence-corrected chi connectivity index (χ4v) is 8.42. The maximum Gasteiger partial charge on any atom is 0.331 e. The fourth-order valence-electron chi connectivity index (χ4n) is 8.42. The molecule has 0 amide bonds. The number of esters is 1. The van der Waals surface area contributed by atoms with Crippen LogP contribution in [0.2, 0.25) is 0 Å². The maximum absolute atomic E-state index is 12.5. The Morgan fingerprint density at radius 1 is 1.07 bits per heavy atom. The molecular weight excluding hydrogens is 388 g/mol. The van der Waals surface area contributed by atoms with E-state index < -0.39 is 40.2 Å². The molecule has 5 rings (SSSR count). The maximum atomic E-state index is 12.5. The predicted octanol–water partition coefficient (Wildman–Crippen LogP) is 0.869. The van der Waals surface area contributed by atoms with Crippen LogP contribution in [-0.2, 0) is 14.3 Å². The van der Waals surface area contributed by atoms with Gasteiger partial charge in [-0.25, -0.2) is 4.79 Å². The summed E-state index contributed by atoms with van der Waals surface area (Å²) in [5, 5.41) is 44.7. The van der Waals surface area contributed by atoms with E-state index in [1.807, 2.05) is 6.92 Å². The first kappa shape index (κ1) is 20.6. The molecule has 0 aromatic rings. The second kappa shape index (κ2) is 6.37. The van der Waals surface area contributed by atoms with Gasteiger partial charge in [0.2, 0.25) is 0 Å².